The predicted molar refractivity (Wildman–Crippen MR) is 133 cm³/mol. The van der Waals surface area contributed by atoms with E-state index in [-0.39, 0.29) is 24.3 Å². The number of esters is 1. The molecule has 4 rings (SSSR count). The predicted octanol–water partition coefficient (Wildman–Crippen LogP) is 4.97. The number of rotatable bonds is 9. The van der Waals surface area contributed by atoms with Gasteiger partial charge in [0.2, 0.25) is 0 Å². The van der Waals surface area contributed by atoms with Crippen LogP contribution in [0.4, 0.5) is 5.69 Å². The monoisotopic (exact) mass is 470 g/mol. The Morgan fingerprint density at radius 3 is 2.29 bits per heavy atom. The van der Waals surface area contributed by atoms with Crippen LogP contribution in [0.5, 0.6) is 0 Å². The number of nitro benzene ring substituents is 1. The van der Waals surface area contributed by atoms with E-state index < -0.39 is 16.7 Å². The molecule has 1 aliphatic heterocycles. The van der Waals surface area contributed by atoms with E-state index in [0.717, 1.165) is 6.54 Å². The topological polar surface area (TPSA) is 89.8 Å². The Balaban J connectivity index is 1.34. The molecule has 1 atom stereocenters. The van der Waals surface area contributed by atoms with Crippen LogP contribution in [-0.2, 0) is 14.3 Å². The second-order valence-corrected chi connectivity index (χ2v) is 8.45. The van der Waals surface area contributed by atoms with Crippen LogP contribution in [0.3, 0.4) is 0 Å². The molecule has 0 bridgehead atoms. The number of hydrogen-bond donors (Lipinski definition) is 0. The van der Waals surface area contributed by atoms with E-state index in [9.17, 15) is 19.7 Å². The first-order valence-electron chi connectivity index (χ1n) is 11.5. The van der Waals surface area contributed by atoms with Gasteiger partial charge in [-0.25, -0.2) is 0 Å². The highest BCUT2D eigenvalue weighted by atomic mass is 16.6. The lowest BCUT2D eigenvalue weighted by Crippen LogP contribution is -2.30. The van der Waals surface area contributed by atoms with E-state index in [1.54, 1.807) is 12.1 Å². The first kappa shape index (κ1) is 24.0. The number of benzene rings is 3. The van der Waals surface area contributed by atoms with Crippen molar-refractivity contribution in [2.45, 2.75) is 25.0 Å². The van der Waals surface area contributed by atoms with Crippen molar-refractivity contribution in [3.05, 3.63) is 118 Å². The van der Waals surface area contributed by atoms with Crippen LogP contribution >= 0.6 is 0 Å². The molecule has 0 radical (unpaired) electrons. The first-order valence-corrected chi connectivity index (χ1v) is 11.5. The van der Waals surface area contributed by atoms with Crippen LogP contribution in [0.25, 0.3) is 6.08 Å². The number of likely N-dealkylation sites (tertiary alicyclic amines) is 1. The van der Waals surface area contributed by atoms with E-state index >= 15 is 0 Å². The number of allylic oxidation sites excluding steroid dienone is 1. The van der Waals surface area contributed by atoms with Crippen molar-refractivity contribution in [2.24, 2.45) is 0 Å². The minimum absolute atomic E-state index is 0.0561. The molecule has 0 spiro atoms. The fourth-order valence-corrected chi connectivity index (χ4v) is 4.33. The van der Waals surface area contributed by atoms with Gasteiger partial charge in [0.25, 0.3) is 5.69 Å². The molecule has 0 aromatic heterocycles. The van der Waals surface area contributed by atoms with Crippen LogP contribution in [0.1, 0.15) is 35.6 Å². The standard InChI is InChI=1S/C28H26N2O5/c31-25(15-14-21-8-7-13-24(18-21)30(33)34)19-27(32)35-26-16-17-29(20-26)28(22-9-3-1-4-10-22)23-11-5-2-6-12-23/h1-15,18,26,28H,16-17,19-20H2. The molecule has 0 saturated carbocycles. The summed E-state index contributed by atoms with van der Waals surface area (Å²) >= 11 is 0. The summed E-state index contributed by atoms with van der Waals surface area (Å²) in [6.07, 6.45) is 2.75. The lowest BCUT2D eigenvalue weighted by Gasteiger charge is -2.28. The van der Waals surface area contributed by atoms with Crippen molar-refractivity contribution < 1.29 is 19.2 Å². The number of nitro groups is 1. The number of carbonyl (C=O) groups excluding carboxylic acids is 2. The van der Waals surface area contributed by atoms with E-state index in [4.69, 9.17) is 4.74 Å². The fraction of sp³-hybridized carbons (Fsp3) is 0.214. The largest absolute Gasteiger partial charge is 0.461 e. The van der Waals surface area contributed by atoms with Crippen molar-refractivity contribution in [3.63, 3.8) is 0 Å². The summed E-state index contributed by atoms with van der Waals surface area (Å²) in [5.41, 5.74) is 2.80. The SMILES string of the molecule is O=C(C=Cc1cccc([N+](=O)[O-])c1)CC(=O)OC1CCN(C(c2ccccc2)c2ccccc2)C1. The maximum atomic E-state index is 12.4. The van der Waals surface area contributed by atoms with Gasteiger partial charge >= 0.3 is 5.97 Å². The Morgan fingerprint density at radius 1 is 1.00 bits per heavy atom. The molecule has 1 saturated heterocycles. The Labute approximate surface area is 203 Å². The molecule has 7 heteroatoms. The van der Waals surface area contributed by atoms with Gasteiger partial charge in [0, 0.05) is 25.2 Å². The zero-order valence-corrected chi connectivity index (χ0v) is 19.2. The summed E-state index contributed by atoms with van der Waals surface area (Å²) in [7, 11) is 0. The van der Waals surface area contributed by atoms with Gasteiger partial charge in [0.1, 0.15) is 12.5 Å². The van der Waals surface area contributed by atoms with E-state index in [2.05, 4.69) is 29.2 Å². The molecule has 0 aliphatic carbocycles. The molecule has 1 heterocycles. The average Bonchev–Trinajstić information content (AvgIpc) is 3.32. The van der Waals surface area contributed by atoms with E-state index in [1.807, 2.05) is 36.4 Å². The third-order valence-corrected chi connectivity index (χ3v) is 5.93. The van der Waals surface area contributed by atoms with Gasteiger partial charge in [0.05, 0.1) is 11.0 Å². The van der Waals surface area contributed by atoms with Crippen LogP contribution in [0, 0.1) is 10.1 Å². The Bertz CT molecular complexity index is 1170. The fourth-order valence-electron chi connectivity index (χ4n) is 4.33. The zero-order valence-electron chi connectivity index (χ0n) is 19.2. The Hall–Kier alpha value is -4.10. The summed E-state index contributed by atoms with van der Waals surface area (Å²) in [5.74, 6) is -0.982. The van der Waals surface area contributed by atoms with Crippen molar-refractivity contribution in [2.75, 3.05) is 13.1 Å². The summed E-state index contributed by atoms with van der Waals surface area (Å²) < 4.78 is 5.61. The lowest BCUT2D eigenvalue weighted by atomic mass is 9.97. The van der Waals surface area contributed by atoms with Gasteiger partial charge in [-0.15, -0.1) is 0 Å². The summed E-state index contributed by atoms with van der Waals surface area (Å²) in [6, 6.07) is 26.5. The minimum Gasteiger partial charge on any atom is -0.461 e. The van der Waals surface area contributed by atoms with Gasteiger partial charge < -0.3 is 4.74 Å². The normalized spacial score (nSPS) is 16.0. The molecule has 3 aromatic carbocycles. The van der Waals surface area contributed by atoms with Crippen molar-refractivity contribution in [3.8, 4) is 0 Å². The molecular weight excluding hydrogens is 444 g/mol. The minimum atomic E-state index is -0.568. The van der Waals surface area contributed by atoms with Crippen molar-refractivity contribution >= 4 is 23.5 Å². The smallest absolute Gasteiger partial charge is 0.313 e. The highest BCUT2D eigenvalue weighted by Crippen LogP contribution is 2.32. The number of nitrogens with zero attached hydrogens (tertiary/aromatic N) is 2. The molecule has 1 unspecified atom stereocenters. The molecule has 1 fully saturated rings. The number of hydrogen-bond acceptors (Lipinski definition) is 6. The zero-order chi connectivity index (χ0) is 24.6. The van der Waals surface area contributed by atoms with Crippen LogP contribution in [-0.4, -0.2) is 40.8 Å². The van der Waals surface area contributed by atoms with Crippen molar-refractivity contribution in [1.82, 2.24) is 4.90 Å². The Kier molecular flexibility index (Phi) is 7.80. The highest BCUT2D eigenvalue weighted by Gasteiger charge is 2.32. The maximum absolute atomic E-state index is 12.4. The van der Waals surface area contributed by atoms with E-state index in [0.29, 0.717) is 18.5 Å². The van der Waals surface area contributed by atoms with Gasteiger partial charge in [-0.2, -0.15) is 0 Å². The molecule has 178 valence electrons. The van der Waals surface area contributed by atoms with Gasteiger partial charge in [-0.1, -0.05) is 78.9 Å². The molecule has 7 nitrogen and oxygen atoms in total. The molecule has 0 amide bonds. The molecule has 3 aromatic rings. The second kappa shape index (κ2) is 11.4. The molecule has 35 heavy (non-hydrogen) atoms. The number of ketones is 1. The van der Waals surface area contributed by atoms with Gasteiger partial charge in [-0.3, -0.25) is 24.6 Å². The van der Waals surface area contributed by atoms with Crippen LogP contribution in [0.2, 0.25) is 0 Å². The van der Waals surface area contributed by atoms with Crippen LogP contribution in [0.15, 0.2) is 91.0 Å². The second-order valence-electron chi connectivity index (χ2n) is 8.45. The third-order valence-electron chi connectivity index (χ3n) is 5.93. The van der Waals surface area contributed by atoms with Crippen LogP contribution < -0.4 is 0 Å². The first-order chi connectivity index (χ1) is 17.0. The number of carbonyl (C=O) groups is 2. The summed E-state index contributed by atoms with van der Waals surface area (Å²) in [5, 5.41) is 10.9. The lowest BCUT2D eigenvalue weighted by molar-refractivity contribution is -0.384. The summed E-state index contributed by atoms with van der Waals surface area (Å²) in [4.78, 5) is 37.3. The van der Waals surface area contributed by atoms with E-state index in [1.165, 1.54) is 35.4 Å². The number of non-ortho nitro benzene ring substituents is 1. The van der Waals surface area contributed by atoms with Crippen molar-refractivity contribution in [1.29, 1.82) is 0 Å². The van der Waals surface area contributed by atoms with Gasteiger partial charge in [-0.05, 0) is 29.2 Å². The third kappa shape index (κ3) is 6.49. The average molecular weight is 471 g/mol. The quantitative estimate of drug-likeness (QED) is 0.144. The number of ether oxygens (including phenoxy) is 1. The molecule has 0 N–H and O–H groups in total. The summed E-state index contributed by atoms with van der Waals surface area (Å²) in [6.45, 7) is 1.35. The maximum Gasteiger partial charge on any atom is 0.313 e. The molecular formula is C28H26N2O5. The Morgan fingerprint density at radius 2 is 1.66 bits per heavy atom. The molecule has 1 aliphatic rings. The highest BCUT2D eigenvalue weighted by molar-refractivity contribution is 6.04. The van der Waals surface area contributed by atoms with Gasteiger partial charge in [0.15, 0.2) is 5.78 Å².